The van der Waals surface area contributed by atoms with Crippen LogP contribution in [0.2, 0.25) is 0 Å². The van der Waals surface area contributed by atoms with Crippen molar-refractivity contribution in [1.82, 2.24) is 10.6 Å². The Hall–Kier alpha value is -0.330. The predicted molar refractivity (Wildman–Crippen MR) is 61.0 cm³/mol. The van der Waals surface area contributed by atoms with Crippen molar-refractivity contribution in [2.45, 2.75) is 18.9 Å². The van der Waals surface area contributed by atoms with Crippen molar-refractivity contribution in [3.63, 3.8) is 0 Å². The maximum Gasteiger partial charge on any atom is 0.221 e. The Bertz CT molecular complexity index is 299. The number of carbonyl (C=O) groups is 1. The van der Waals surface area contributed by atoms with Gasteiger partial charge in [-0.25, -0.2) is 8.42 Å². The molecule has 1 rings (SSSR count). The normalized spacial score (nSPS) is 20.7. The lowest BCUT2D eigenvalue weighted by Gasteiger charge is -2.10. The van der Waals surface area contributed by atoms with Crippen molar-refractivity contribution in [2.75, 3.05) is 25.1 Å². The van der Waals surface area contributed by atoms with Gasteiger partial charge < -0.3 is 10.6 Å². The van der Waals surface area contributed by atoms with Crippen LogP contribution in [0.4, 0.5) is 0 Å². The van der Waals surface area contributed by atoms with Crippen molar-refractivity contribution in [2.24, 2.45) is 0 Å². The summed E-state index contributed by atoms with van der Waals surface area (Å²) < 4.78 is 21.6. The van der Waals surface area contributed by atoms with Gasteiger partial charge in [0.05, 0.1) is 5.75 Å². The molecule has 1 fully saturated rings. The Labute approximate surface area is 96.3 Å². The molecule has 90 valence electrons. The van der Waals surface area contributed by atoms with Gasteiger partial charge in [0, 0.05) is 25.3 Å². The van der Waals surface area contributed by atoms with Gasteiger partial charge in [0.1, 0.15) is 9.84 Å². The molecule has 0 radical (unpaired) electrons. The minimum Gasteiger partial charge on any atom is -0.352 e. The standard InChI is InChI=1S/C8H16N2O3S.ClH/c1-14(12,13)5-3-8(11)10-7-2-4-9-6-7;/h7,9H,2-6H2,1H3,(H,10,11);1H. The van der Waals surface area contributed by atoms with Crippen LogP contribution in [0.5, 0.6) is 0 Å². The zero-order valence-electron chi connectivity index (χ0n) is 8.65. The lowest BCUT2D eigenvalue weighted by Crippen LogP contribution is -2.36. The highest BCUT2D eigenvalue weighted by Gasteiger charge is 2.17. The van der Waals surface area contributed by atoms with E-state index >= 15 is 0 Å². The van der Waals surface area contributed by atoms with Crippen LogP contribution in [-0.2, 0) is 14.6 Å². The van der Waals surface area contributed by atoms with Crippen LogP contribution in [0.15, 0.2) is 0 Å². The van der Waals surface area contributed by atoms with Crippen LogP contribution < -0.4 is 10.6 Å². The van der Waals surface area contributed by atoms with Crippen LogP contribution in [0.25, 0.3) is 0 Å². The van der Waals surface area contributed by atoms with Gasteiger partial charge in [-0.15, -0.1) is 12.4 Å². The van der Waals surface area contributed by atoms with E-state index in [-0.39, 0.29) is 36.5 Å². The Morgan fingerprint density at radius 3 is 2.67 bits per heavy atom. The average Bonchev–Trinajstić information content (AvgIpc) is 2.52. The van der Waals surface area contributed by atoms with Crippen LogP contribution in [0, 0.1) is 0 Å². The molecule has 0 spiro atoms. The molecular formula is C8H17ClN2O3S. The van der Waals surface area contributed by atoms with E-state index in [0.29, 0.717) is 0 Å². The summed E-state index contributed by atoms with van der Waals surface area (Å²) in [5, 5.41) is 5.90. The van der Waals surface area contributed by atoms with Gasteiger partial charge in [-0.1, -0.05) is 0 Å². The van der Waals surface area contributed by atoms with Gasteiger partial charge in [0.25, 0.3) is 0 Å². The molecule has 0 aliphatic carbocycles. The molecule has 0 bridgehead atoms. The average molecular weight is 257 g/mol. The Kier molecular flexibility index (Phi) is 6.16. The SMILES string of the molecule is CS(=O)(=O)CCC(=O)NC1CCNC1.Cl. The van der Waals surface area contributed by atoms with Gasteiger partial charge in [-0.2, -0.15) is 0 Å². The van der Waals surface area contributed by atoms with Crippen molar-refractivity contribution >= 4 is 28.2 Å². The first-order valence-corrected chi connectivity index (χ1v) is 6.71. The first-order valence-electron chi connectivity index (χ1n) is 4.65. The van der Waals surface area contributed by atoms with E-state index in [1.165, 1.54) is 0 Å². The largest absolute Gasteiger partial charge is 0.352 e. The molecule has 0 aromatic heterocycles. The number of rotatable bonds is 4. The highest BCUT2D eigenvalue weighted by Crippen LogP contribution is 1.98. The predicted octanol–water partition coefficient (Wildman–Crippen LogP) is -0.679. The number of halogens is 1. The topological polar surface area (TPSA) is 75.3 Å². The molecule has 0 saturated carbocycles. The Balaban J connectivity index is 0.00000196. The molecule has 1 saturated heterocycles. The second-order valence-corrected chi connectivity index (χ2v) is 5.90. The molecule has 1 unspecified atom stereocenters. The minimum absolute atomic E-state index is 0. The highest BCUT2D eigenvalue weighted by atomic mass is 35.5. The zero-order chi connectivity index (χ0) is 10.6. The van der Waals surface area contributed by atoms with Gasteiger partial charge in [-0.05, 0) is 13.0 Å². The van der Waals surface area contributed by atoms with E-state index in [1.807, 2.05) is 0 Å². The molecule has 1 aliphatic heterocycles. The second-order valence-electron chi connectivity index (χ2n) is 3.64. The summed E-state index contributed by atoms with van der Waals surface area (Å²) in [5.41, 5.74) is 0. The zero-order valence-corrected chi connectivity index (χ0v) is 10.3. The van der Waals surface area contributed by atoms with Crippen LogP contribution >= 0.6 is 12.4 Å². The Morgan fingerprint density at radius 2 is 2.20 bits per heavy atom. The fourth-order valence-corrected chi connectivity index (χ4v) is 1.91. The number of amides is 1. The van der Waals surface area contributed by atoms with E-state index in [4.69, 9.17) is 0 Å². The quantitative estimate of drug-likeness (QED) is 0.699. The molecule has 2 N–H and O–H groups in total. The van der Waals surface area contributed by atoms with Crippen LogP contribution in [0.3, 0.4) is 0 Å². The van der Waals surface area contributed by atoms with Gasteiger partial charge in [-0.3, -0.25) is 4.79 Å². The smallest absolute Gasteiger partial charge is 0.221 e. The van der Waals surface area contributed by atoms with Gasteiger partial charge in [0.2, 0.25) is 5.91 Å². The summed E-state index contributed by atoms with van der Waals surface area (Å²) in [5.74, 6) is -0.247. The molecule has 5 nitrogen and oxygen atoms in total. The van der Waals surface area contributed by atoms with Crippen LogP contribution in [-0.4, -0.2) is 45.5 Å². The van der Waals surface area contributed by atoms with E-state index < -0.39 is 9.84 Å². The van der Waals surface area contributed by atoms with E-state index in [0.717, 1.165) is 25.8 Å². The summed E-state index contributed by atoms with van der Waals surface area (Å²) in [6.07, 6.45) is 2.12. The van der Waals surface area contributed by atoms with E-state index in [2.05, 4.69) is 10.6 Å². The van der Waals surface area contributed by atoms with Crippen molar-refractivity contribution in [1.29, 1.82) is 0 Å². The molecule has 15 heavy (non-hydrogen) atoms. The molecule has 1 atom stereocenters. The van der Waals surface area contributed by atoms with Gasteiger partial charge >= 0.3 is 0 Å². The van der Waals surface area contributed by atoms with Crippen molar-refractivity contribution in [3.05, 3.63) is 0 Å². The van der Waals surface area contributed by atoms with Crippen molar-refractivity contribution < 1.29 is 13.2 Å². The number of carbonyl (C=O) groups excluding carboxylic acids is 1. The molecule has 0 aromatic carbocycles. The fraction of sp³-hybridized carbons (Fsp3) is 0.875. The minimum atomic E-state index is -3.03. The van der Waals surface area contributed by atoms with Gasteiger partial charge in [0.15, 0.2) is 0 Å². The summed E-state index contributed by atoms with van der Waals surface area (Å²) in [4.78, 5) is 11.2. The molecule has 1 aliphatic rings. The Morgan fingerprint density at radius 1 is 1.53 bits per heavy atom. The maximum atomic E-state index is 11.2. The second kappa shape index (κ2) is 6.30. The first kappa shape index (κ1) is 14.7. The van der Waals surface area contributed by atoms with E-state index in [9.17, 15) is 13.2 Å². The first-order chi connectivity index (χ1) is 6.47. The maximum absolute atomic E-state index is 11.2. The van der Waals surface area contributed by atoms with E-state index in [1.54, 1.807) is 0 Å². The van der Waals surface area contributed by atoms with Crippen LogP contribution in [0.1, 0.15) is 12.8 Å². The number of sulfone groups is 1. The lowest BCUT2D eigenvalue weighted by molar-refractivity contribution is -0.121. The fourth-order valence-electron chi connectivity index (χ4n) is 1.36. The van der Waals surface area contributed by atoms with Crippen molar-refractivity contribution in [3.8, 4) is 0 Å². The summed E-state index contributed by atoms with van der Waals surface area (Å²) >= 11 is 0. The monoisotopic (exact) mass is 256 g/mol. The number of hydrogen-bond acceptors (Lipinski definition) is 4. The molecule has 0 aromatic rings. The molecule has 1 heterocycles. The highest BCUT2D eigenvalue weighted by molar-refractivity contribution is 7.90. The number of nitrogens with one attached hydrogen (secondary N) is 2. The summed E-state index contributed by atoms with van der Waals surface area (Å²) in [6.45, 7) is 1.70. The summed E-state index contributed by atoms with van der Waals surface area (Å²) in [7, 11) is -3.03. The third-order valence-corrected chi connectivity index (χ3v) is 3.07. The molecular weight excluding hydrogens is 240 g/mol. The number of hydrogen-bond donors (Lipinski definition) is 2. The molecule has 7 heteroatoms. The third kappa shape index (κ3) is 6.70. The third-order valence-electron chi connectivity index (χ3n) is 2.13. The molecule has 1 amide bonds. The summed E-state index contributed by atoms with van der Waals surface area (Å²) in [6, 6.07) is 0.169. The lowest BCUT2D eigenvalue weighted by atomic mass is 10.2.